The van der Waals surface area contributed by atoms with Crippen molar-refractivity contribution in [1.29, 1.82) is 0 Å². The van der Waals surface area contributed by atoms with Gasteiger partial charge in [-0.05, 0) is 18.6 Å². The largest absolute Gasteiger partial charge is 0.497 e. The van der Waals surface area contributed by atoms with E-state index in [1.165, 1.54) is 0 Å². The number of anilines is 1. The predicted octanol–water partition coefficient (Wildman–Crippen LogP) is 1.75. The fourth-order valence-electron chi connectivity index (χ4n) is 1.53. The Morgan fingerprint density at radius 2 is 2.28 bits per heavy atom. The first-order chi connectivity index (χ1) is 8.72. The molecule has 0 saturated carbocycles. The van der Waals surface area contributed by atoms with E-state index in [9.17, 15) is 0 Å². The summed E-state index contributed by atoms with van der Waals surface area (Å²) < 4.78 is 5.20. The van der Waals surface area contributed by atoms with Gasteiger partial charge in [-0.3, -0.25) is 10.4 Å². The second-order valence-electron chi connectivity index (χ2n) is 3.96. The molecule has 0 amide bonds. The van der Waals surface area contributed by atoms with Crippen LogP contribution in [-0.2, 0) is 0 Å². The molecule has 0 aromatic heterocycles. The zero-order valence-corrected chi connectivity index (χ0v) is 11.3. The number of methoxy groups -OCH3 is 1. The van der Waals surface area contributed by atoms with Gasteiger partial charge >= 0.3 is 0 Å². The highest BCUT2D eigenvalue weighted by molar-refractivity contribution is 5.95. The summed E-state index contributed by atoms with van der Waals surface area (Å²) in [6.07, 6.45) is 2.17. The molecule has 0 fully saturated rings. The first-order valence-corrected chi connectivity index (χ1v) is 6.11. The van der Waals surface area contributed by atoms with Crippen LogP contribution in [0.4, 0.5) is 5.69 Å². The molecular formula is C13H22N4O. The molecule has 0 radical (unpaired) electrons. The van der Waals surface area contributed by atoms with Gasteiger partial charge in [0.15, 0.2) is 0 Å². The molecule has 0 heterocycles. The second-order valence-corrected chi connectivity index (χ2v) is 3.96. The maximum absolute atomic E-state index is 5.51. The van der Waals surface area contributed by atoms with E-state index in [0.29, 0.717) is 5.96 Å². The summed E-state index contributed by atoms with van der Waals surface area (Å²) in [6, 6.07) is 7.76. The number of hydrazine groups is 1. The third-order valence-corrected chi connectivity index (χ3v) is 2.66. The minimum atomic E-state index is 0.650. The average molecular weight is 250 g/mol. The SMILES string of the molecule is CCCCN=C(NN)N(C)c1cccc(OC)c1. The number of aliphatic imine (C=N–C) groups is 1. The van der Waals surface area contributed by atoms with E-state index < -0.39 is 0 Å². The van der Waals surface area contributed by atoms with Crippen LogP contribution < -0.4 is 20.9 Å². The van der Waals surface area contributed by atoms with Crippen LogP contribution in [0.25, 0.3) is 0 Å². The highest BCUT2D eigenvalue weighted by Gasteiger charge is 2.07. The summed E-state index contributed by atoms with van der Waals surface area (Å²) in [5.41, 5.74) is 3.61. The van der Waals surface area contributed by atoms with E-state index >= 15 is 0 Å². The molecule has 0 bridgehead atoms. The number of benzene rings is 1. The van der Waals surface area contributed by atoms with E-state index in [-0.39, 0.29) is 0 Å². The molecule has 0 spiro atoms. The van der Waals surface area contributed by atoms with E-state index in [4.69, 9.17) is 10.6 Å². The molecule has 5 heteroatoms. The number of hydrogen-bond donors (Lipinski definition) is 2. The maximum Gasteiger partial charge on any atom is 0.212 e. The van der Waals surface area contributed by atoms with Crippen LogP contribution in [0.3, 0.4) is 0 Å². The van der Waals surface area contributed by atoms with Crippen molar-refractivity contribution in [3.63, 3.8) is 0 Å². The van der Waals surface area contributed by atoms with Gasteiger partial charge in [0.1, 0.15) is 5.75 Å². The van der Waals surface area contributed by atoms with Gasteiger partial charge in [0.25, 0.3) is 0 Å². The molecule has 0 aliphatic carbocycles. The topological polar surface area (TPSA) is 62.9 Å². The summed E-state index contributed by atoms with van der Waals surface area (Å²) in [5, 5.41) is 0. The van der Waals surface area contributed by atoms with Crippen molar-refractivity contribution in [2.75, 3.05) is 25.6 Å². The summed E-state index contributed by atoms with van der Waals surface area (Å²) in [5.74, 6) is 6.97. The van der Waals surface area contributed by atoms with Crippen LogP contribution in [0.1, 0.15) is 19.8 Å². The fraction of sp³-hybridized carbons (Fsp3) is 0.462. The van der Waals surface area contributed by atoms with Gasteiger partial charge in [-0.1, -0.05) is 19.4 Å². The van der Waals surface area contributed by atoms with Crippen LogP contribution in [0, 0.1) is 0 Å². The minimum absolute atomic E-state index is 0.650. The van der Waals surface area contributed by atoms with Gasteiger partial charge in [-0.25, -0.2) is 5.84 Å². The second kappa shape index (κ2) is 7.55. The fourth-order valence-corrected chi connectivity index (χ4v) is 1.53. The number of hydrogen-bond acceptors (Lipinski definition) is 3. The van der Waals surface area contributed by atoms with Crippen molar-refractivity contribution in [1.82, 2.24) is 5.43 Å². The zero-order chi connectivity index (χ0) is 13.4. The number of nitrogens with two attached hydrogens (primary N) is 1. The molecule has 18 heavy (non-hydrogen) atoms. The Morgan fingerprint density at radius 1 is 1.50 bits per heavy atom. The van der Waals surface area contributed by atoms with Crippen molar-refractivity contribution in [3.8, 4) is 5.75 Å². The molecule has 0 aliphatic heterocycles. The summed E-state index contributed by atoms with van der Waals surface area (Å²) >= 11 is 0. The molecule has 5 nitrogen and oxygen atoms in total. The Bertz CT molecular complexity index is 392. The molecular weight excluding hydrogens is 228 g/mol. The quantitative estimate of drug-likeness (QED) is 0.275. The van der Waals surface area contributed by atoms with E-state index in [1.54, 1.807) is 7.11 Å². The number of unbranched alkanes of at least 4 members (excludes halogenated alkanes) is 1. The minimum Gasteiger partial charge on any atom is -0.497 e. The van der Waals surface area contributed by atoms with E-state index in [2.05, 4.69) is 17.3 Å². The number of guanidine groups is 1. The first kappa shape index (κ1) is 14.3. The monoisotopic (exact) mass is 250 g/mol. The summed E-state index contributed by atoms with van der Waals surface area (Å²) in [4.78, 5) is 6.33. The third-order valence-electron chi connectivity index (χ3n) is 2.66. The van der Waals surface area contributed by atoms with Crippen LogP contribution >= 0.6 is 0 Å². The summed E-state index contributed by atoms with van der Waals surface area (Å²) in [7, 11) is 3.57. The highest BCUT2D eigenvalue weighted by atomic mass is 16.5. The molecule has 0 saturated heterocycles. The van der Waals surface area contributed by atoms with Gasteiger partial charge in [0, 0.05) is 25.3 Å². The standard InChI is InChI=1S/C13H22N4O/c1-4-5-9-15-13(16-14)17(2)11-7-6-8-12(10-11)18-3/h6-8,10H,4-5,9,14H2,1-3H3,(H,15,16). The third kappa shape index (κ3) is 3.92. The normalized spacial score (nSPS) is 11.2. The Kier molecular flexibility index (Phi) is 6.00. The lowest BCUT2D eigenvalue weighted by molar-refractivity contribution is 0.415. The Balaban J connectivity index is 2.81. The molecule has 3 N–H and O–H groups in total. The van der Waals surface area contributed by atoms with Gasteiger partial charge in [-0.15, -0.1) is 0 Å². The Labute approximate surface area is 109 Å². The number of nitrogens with zero attached hydrogens (tertiary/aromatic N) is 2. The van der Waals surface area contributed by atoms with Gasteiger partial charge in [0.05, 0.1) is 7.11 Å². The molecule has 1 aromatic carbocycles. The van der Waals surface area contributed by atoms with Crippen LogP contribution in [0.2, 0.25) is 0 Å². The summed E-state index contributed by atoms with van der Waals surface area (Å²) in [6.45, 7) is 2.90. The average Bonchev–Trinajstić information content (AvgIpc) is 2.43. The lowest BCUT2D eigenvalue weighted by Crippen LogP contribution is -2.43. The van der Waals surface area contributed by atoms with E-state index in [1.807, 2.05) is 36.2 Å². The smallest absolute Gasteiger partial charge is 0.212 e. The van der Waals surface area contributed by atoms with Crippen LogP contribution in [-0.4, -0.2) is 26.7 Å². The molecule has 1 aromatic rings. The van der Waals surface area contributed by atoms with Gasteiger partial charge in [0.2, 0.25) is 5.96 Å². The van der Waals surface area contributed by atoms with Crippen molar-refractivity contribution < 1.29 is 4.74 Å². The lowest BCUT2D eigenvalue weighted by atomic mass is 10.3. The van der Waals surface area contributed by atoms with Crippen LogP contribution in [0.15, 0.2) is 29.3 Å². The van der Waals surface area contributed by atoms with Crippen molar-refractivity contribution >= 4 is 11.6 Å². The highest BCUT2D eigenvalue weighted by Crippen LogP contribution is 2.19. The Hall–Kier alpha value is -1.75. The van der Waals surface area contributed by atoms with E-state index in [0.717, 1.165) is 30.8 Å². The molecule has 0 aliphatic rings. The molecule has 1 rings (SSSR count). The zero-order valence-electron chi connectivity index (χ0n) is 11.3. The van der Waals surface area contributed by atoms with Gasteiger partial charge < -0.3 is 9.64 Å². The number of nitrogens with one attached hydrogen (secondary N) is 1. The molecule has 100 valence electrons. The van der Waals surface area contributed by atoms with Gasteiger partial charge in [-0.2, -0.15) is 0 Å². The molecule has 0 atom stereocenters. The first-order valence-electron chi connectivity index (χ1n) is 6.11. The van der Waals surface area contributed by atoms with Crippen molar-refractivity contribution in [3.05, 3.63) is 24.3 Å². The maximum atomic E-state index is 5.51. The predicted molar refractivity (Wildman–Crippen MR) is 75.9 cm³/mol. The van der Waals surface area contributed by atoms with Crippen molar-refractivity contribution in [2.24, 2.45) is 10.8 Å². The Morgan fingerprint density at radius 3 is 2.89 bits per heavy atom. The van der Waals surface area contributed by atoms with Crippen LogP contribution in [0.5, 0.6) is 5.75 Å². The van der Waals surface area contributed by atoms with Crippen molar-refractivity contribution in [2.45, 2.75) is 19.8 Å². The molecule has 0 unspecified atom stereocenters. The number of rotatable bonds is 5. The lowest BCUT2D eigenvalue weighted by Gasteiger charge is -2.21. The number of ether oxygens (including phenoxy) is 1.